The Kier molecular flexibility index (Phi) is 6.06. The second kappa shape index (κ2) is 8.90. The van der Waals surface area contributed by atoms with Crippen molar-refractivity contribution in [3.63, 3.8) is 0 Å². The molecule has 0 radical (unpaired) electrons. The fraction of sp³-hybridized carbons (Fsp3) is 0.304. The quantitative estimate of drug-likeness (QED) is 0.564. The number of halogens is 1. The Balaban J connectivity index is 1.36. The average Bonchev–Trinajstić information content (AvgIpc) is 3.14. The minimum atomic E-state index is -0.313. The molecule has 3 aromatic rings. The number of methoxy groups -OCH3 is 1. The van der Waals surface area contributed by atoms with Gasteiger partial charge in [0, 0.05) is 49.0 Å². The summed E-state index contributed by atoms with van der Waals surface area (Å²) < 4.78 is 10.6. The minimum absolute atomic E-state index is 0.313. The van der Waals surface area contributed by atoms with Gasteiger partial charge in [-0.05, 0) is 55.5 Å². The second-order valence-electron chi connectivity index (χ2n) is 7.33. The molecule has 4 rings (SSSR count). The summed E-state index contributed by atoms with van der Waals surface area (Å²) in [6.45, 7) is 6.42. The summed E-state index contributed by atoms with van der Waals surface area (Å²) in [6, 6.07) is 15.1. The number of hydrogen-bond acceptors (Lipinski definition) is 6. The van der Waals surface area contributed by atoms with E-state index < -0.39 is 0 Å². The fourth-order valence-corrected chi connectivity index (χ4v) is 3.72. The monoisotopic (exact) mass is 425 g/mol. The van der Waals surface area contributed by atoms with Gasteiger partial charge >= 0.3 is 5.97 Å². The first-order valence-electron chi connectivity index (χ1n) is 9.91. The molecule has 0 amide bonds. The number of nitrogens with zero attached hydrogens (tertiary/aromatic N) is 3. The number of esters is 1. The van der Waals surface area contributed by atoms with Gasteiger partial charge in [-0.3, -0.25) is 4.90 Å². The molecule has 0 unspecified atom stereocenters. The number of carbonyl (C=O) groups is 1. The first-order valence-corrected chi connectivity index (χ1v) is 10.3. The van der Waals surface area contributed by atoms with Crippen LogP contribution in [0.2, 0.25) is 5.02 Å². The lowest BCUT2D eigenvalue weighted by molar-refractivity contribution is 0.0600. The molecule has 1 aromatic heterocycles. The Morgan fingerprint density at radius 3 is 2.37 bits per heavy atom. The molecule has 0 bridgehead atoms. The highest BCUT2D eigenvalue weighted by atomic mass is 35.5. The topological polar surface area (TPSA) is 58.8 Å². The van der Waals surface area contributed by atoms with Crippen molar-refractivity contribution in [3.05, 3.63) is 70.6 Å². The predicted octanol–water partition coefficient (Wildman–Crippen LogP) is 4.41. The Morgan fingerprint density at radius 1 is 1.07 bits per heavy atom. The molecule has 0 N–H and O–H groups in total. The highest BCUT2D eigenvalue weighted by molar-refractivity contribution is 6.30. The summed E-state index contributed by atoms with van der Waals surface area (Å²) in [7, 11) is 1.39. The van der Waals surface area contributed by atoms with Gasteiger partial charge in [-0.25, -0.2) is 9.78 Å². The van der Waals surface area contributed by atoms with Gasteiger partial charge in [-0.15, -0.1) is 0 Å². The Hall–Kier alpha value is -2.83. The molecule has 1 aliphatic heterocycles. The largest absolute Gasteiger partial charge is 0.465 e. The van der Waals surface area contributed by atoms with Crippen molar-refractivity contribution in [2.45, 2.75) is 13.5 Å². The van der Waals surface area contributed by atoms with E-state index in [4.69, 9.17) is 25.7 Å². The van der Waals surface area contributed by atoms with Crippen LogP contribution in [0.5, 0.6) is 0 Å². The molecule has 1 fully saturated rings. The summed E-state index contributed by atoms with van der Waals surface area (Å²) in [5, 5.41) is 0.694. The van der Waals surface area contributed by atoms with E-state index in [1.165, 1.54) is 7.11 Å². The molecule has 30 heavy (non-hydrogen) atoms. The van der Waals surface area contributed by atoms with Crippen molar-refractivity contribution in [2.24, 2.45) is 0 Å². The van der Waals surface area contributed by atoms with Crippen LogP contribution >= 0.6 is 11.6 Å². The smallest absolute Gasteiger partial charge is 0.337 e. The van der Waals surface area contributed by atoms with Gasteiger partial charge in [0.05, 0.1) is 18.4 Å². The summed E-state index contributed by atoms with van der Waals surface area (Å²) >= 11 is 5.97. The Labute approximate surface area is 181 Å². The van der Waals surface area contributed by atoms with Crippen molar-refractivity contribution in [1.29, 1.82) is 0 Å². The normalized spacial score (nSPS) is 14.7. The number of hydrogen-bond donors (Lipinski definition) is 0. The third-order valence-electron chi connectivity index (χ3n) is 5.38. The zero-order chi connectivity index (χ0) is 21.1. The molecule has 1 aliphatic rings. The summed E-state index contributed by atoms with van der Waals surface area (Å²) in [4.78, 5) is 21.0. The third-order valence-corrected chi connectivity index (χ3v) is 5.64. The van der Waals surface area contributed by atoms with Gasteiger partial charge in [-0.1, -0.05) is 11.6 Å². The van der Waals surface area contributed by atoms with E-state index in [0.717, 1.165) is 55.4 Å². The molecule has 0 aliphatic carbocycles. The maximum absolute atomic E-state index is 11.6. The highest BCUT2D eigenvalue weighted by Crippen LogP contribution is 2.25. The molecular formula is C23H24ClN3O3. The van der Waals surface area contributed by atoms with Gasteiger partial charge in [0.1, 0.15) is 5.76 Å². The molecular weight excluding hydrogens is 402 g/mol. The van der Waals surface area contributed by atoms with Gasteiger partial charge in [0.25, 0.3) is 0 Å². The number of aryl methyl sites for hydroxylation is 1. The lowest BCUT2D eigenvalue weighted by atomic mass is 10.1. The van der Waals surface area contributed by atoms with Crippen LogP contribution < -0.4 is 4.90 Å². The van der Waals surface area contributed by atoms with E-state index in [1.807, 2.05) is 55.5 Å². The molecule has 2 heterocycles. The maximum Gasteiger partial charge on any atom is 0.337 e. The maximum atomic E-state index is 11.6. The molecule has 0 atom stereocenters. The van der Waals surface area contributed by atoms with Crippen LogP contribution in [0.1, 0.15) is 21.8 Å². The number of ether oxygens (including phenoxy) is 1. The van der Waals surface area contributed by atoms with Crippen LogP contribution in [-0.2, 0) is 11.3 Å². The van der Waals surface area contributed by atoms with Crippen molar-refractivity contribution in [2.75, 3.05) is 38.2 Å². The van der Waals surface area contributed by atoms with Gasteiger partial charge in [-0.2, -0.15) is 0 Å². The van der Waals surface area contributed by atoms with Crippen molar-refractivity contribution in [3.8, 4) is 11.5 Å². The van der Waals surface area contributed by atoms with E-state index in [9.17, 15) is 4.79 Å². The first kappa shape index (κ1) is 20.4. The van der Waals surface area contributed by atoms with Gasteiger partial charge < -0.3 is 14.1 Å². The zero-order valence-corrected chi connectivity index (χ0v) is 17.9. The molecule has 1 saturated heterocycles. The summed E-state index contributed by atoms with van der Waals surface area (Å²) in [5.41, 5.74) is 3.58. The van der Waals surface area contributed by atoms with Crippen molar-refractivity contribution >= 4 is 23.3 Å². The van der Waals surface area contributed by atoms with E-state index in [0.29, 0.717) is 16.5 Å². The van der Waals surface area contributed by atoms with Gasteiger partial charge in [0.2, 0.25) is 5.89 Å². The molecule has 6 nitrogen and oxygen atoms in total. The molecule has 2 aromatic carbocycles. The second-order valence-corrected chi connectivity index (χ2v) is 7.77. The van der Waals surface area contributed by atoms with Crippen LogP contribution in [0.15, 0.2) is 52.9 Å². The van der Waals surface area contributed by atoms with Crippen LogP contribution in [-0.4, -0.2) is 49.1 Å². The van der Waals surface area contributed by atoms with Crippen molar-refractivity contribution in [1.82, 2.24) is 9.88 Å². The number of oxazole rings is 1. The lowest BCUT2D eigenvalue weighted by Gasteiger charge is -2.35. The van der Waals surface area contributed by atoms with Crippen LogP contribution in [0.4, 0.5) is 5.69 Å². The molecule has 0 saturated carbocycles. The fourth-order valence-electron chi connectivity index (χ4n) is 3.59. The van der Waals surface area contributed by atoms with Gasteiger partial charge in [0.15, 0.2) is 0 Å². The predicted molar refractivity (Wildman–Crippen MR) is 117 cm³/mol. The molecule has 156 valence electrons. The van der Waals surface area contributed by atoms with Crippen LogP contribution in [0, 0.1) is 6.92 Å². The Morgan fingerprint density at radius 2 is 1.73 bits per heavy atom. The number of aromatic nitrogens is 1. The third kappa shape index (κ3) is 4.50. The number of rotatable bonds is 5. The first-order chi connectivity index (χ1) is 14.5. The number of benzene rings is 2. The SMILES string of the molecule is COC(=O)c1ccc(N2CCN(Cc3nc(-c4ccc(Cl)cc4)oc3C)CC2)cc1. The average molecular weight is 426 g/mol. The van der Waals surface area contributed by atoms with Crippen LogP contribution in [0.25, 0.3) is 11.5 Å². The van der Waals surface area contributed by atoms with Crippen LogP contribution in [0.3, 0.4) is 0 Å². The zero-order valence-electron chi connectivity index (χ0n) is 17.1. The molecule has 7 heteroatoms. The summed E-state index contributed by atoms with van der Waals surface area (Å²) in [6.07, 6.45) is 0. The molecule has 0 spiro atoms. The Bertz CT molecular complexity index is 1010. The van der Waals surface area contributed by atoms with E-state index >= 15 is 0 Å². The lowest BCUT2D eigenvalue weighted by Crippen LogP contribution is -2.46. The van der Waals surface area contributed by atoms with Crippen molar-refractivity contribution < 1.29 is 13.9 Å². The number of anilines is 1. The summed E-state index contributed by atoms with van der Waals surface area (Å²) in [5.74, 6) is 1.16. The van der Waals surface area contributed by atoms with E-state index in [1.54, 1.807) is 0 Å². The standard InChI is InChI=1S/C23H24ClN3O3/c1-16-21(25-22(30-16)17-3-7-19(24)8-4-17)15-26-11-13-27(14-12-26)20-9-5-18(6-10-20)23(28)29-2/h3-10H,11-15H2,1-2H3. The van der Waals surface area contributed by atoms with E-state index in [2.05, 4.69) is 9.80 Å². The van der Waals surface area contributed by atoms with E-state index in [-0.39, 0.29) is 5.97 Å². The minimum Gasteiger partial charge on any atom is -0.465 e. The highest BCUT2D eigenvalue weighted by Gasteiger charge is 2.20. The number of carbonyl (C=O) groups excluding carboxylic acids is 1. The number of piperazine rings is 1.